The lowest BCUT2D eigenvalue weighted by atomic mass is 10.1. The van der Waals surface area contributed by atoms with Crippen LogP contribution in [0.15, 0.2) is 24.3 Å². The lowest BCUT2D eigenvalue weighted by molar-refractivity contribution is 0.576. The van der Waals surface area contributed by atoms with Crippen LogP contribution in [0.5, 0.6) is 0 Å². The zero-order chi connectivity index (χ0) is 12.2. The van der Waals surface area contributed by atoms with Crippen LogP contribution in [0.3, 0.4) is 0 Å². The Morgan fingerprint density at radius 1 is 1.31 bits per heavy atom. The first kappa shape index (κ1) is 13.0. The van der Waals surface area contributed by atoms with E-state index in [9.17, 15) is 4.55 Å². The Morgan fingerprint density at radius 3 is 2.31 bits per heavy atom. The van der Waals surface area contributed by atoms with Gasteiger partial charge in [-0.1, -0.05) is 12.1 Å². The average molecular weight is 237 g/mol. The molecule has 0 aromatic heterocycles. The van der Waals surface area contributed by atoms with Gasteiger partial charge in [0.25, 0.3) is 0 Å². The van der Waals surface area contributed by atoms with Crippen molar-refractivity contribution in [2.45, 2.75) is 32.1 Å². The average Bonchev–Trinajstić information content (AvgIpc) is 2.25. The summed E-state index contributed by atoms with van der Waals surface area (Å²) < 4.78 is 12.7. The highest BCUT2D eigenvalue weighted by Crippen LogP contribution is 2.14. The molecule has 0 aliphatic carbocycles. The van der Waals surface area contributed by atoms with Gasteiger partial charge >= 0.3 is 0 Å². The summed E-state index contributed by atoms with van der Waals surface area (Å²) in [5.41, 5.74) is 1.72. The largest absolute Gasteiger partial charge is 0.240 e. The molecule has 0 fully saturated rings. The van der Waals surface area contributed by atoms with Gasteiger partial charge in [-0.3, -0.25) is 0 Å². The molecule has 0 aliphatic rings. The second-order valence-electron chi connectivity index (χ2n) is 4.53. The second kappa shape index (κ2) is 5.35. The van der Waals surface area contributed by atoms with Gasteiger partial charge < -0.3 is 0 Å². The van der Waals surface area contributed by atoms with Crippen molar-refractivity contribution in [2.75, 3.05) is 0 Å². The molecule has 1 aromatic rings. The van der Waals surface area contributed by atoms with Crippen LogP contribution in [-0.4, -0.2) is 9.30 Å². The molecule has 1 rings (SSSR count). The lowest BCUT2D eigenvalue weighted by Crippen LogP contribution is -2.38. The molecule has 0 amide bonds. The standard InChI is InChI=1S/C12H17N2OS/c1-12(2,3)16(15)14-9-11-6-4-10(8-13)5-7-11/h4-7,14-15H,9H2,1-3H3/q+1. The first-order valence-corrected chi connectivity index (χ1v) is 6.27. The van der Waals surface area contributed by atoms with E-state index in [4.69, 9.17) is 5.26 Å². The molecule has 0 heterocycles. The molecular weight excluding hydrogens is 220 g/mol. The normalized spacial score (nSPS) is 13.2. The topological polar surface area (TPSA) is 56.0 Å². The summed E-state index contributed by atoms with van der Waals surface area (Å²) in [5, 5.41) is 8.65. The van der Waals surface area contributed by atoms with Gasteiger partial charge in [-0.15, -0.1) is 4.72 Å². The van der Waals surface area contributed by atoms with E-state index in [1.807, 2.05) is 32.9 Å². The van der Waals surface area contributed by atoms with E-state index in [1.54, 1.807) is 12.1 Å². The number of nitrogens with zero attached hydrogens (tertiary/aromatic N) is 1. The number of rotatable bonds is 3. The summed E-state index contributed by atoms with van der Waals surface area (Å²) in [6, 6.07) is 9.43. The number of hydrogen-bond donors (Lipinski definition) is 2. The van der Waals surface area contributed by atoms with Crippen molar-refractivity contribution in [3.63, 3.8) is 0 Å². The third-order valence-corrected chi connectivity index (χ3v) is 3.65. The summed E-state index contributed by atoms with van der Waals surface area (Å²) in [5.74, 6) is 0. The maximum Gasteiger partial charge on any atom is 0.240 e. The smallest absolute Gasteiger partial charge is 0.192 e. The Balaban J connectivity index is 2.53. The minimum atomic E-state index is -0.810. The van der Waals surface area contributed by atoms with Crippen LogP contribution >= 0.6 is 0 Å². The fraction of sp³-hybridized carbons (Fsp3) is 0.417. The van der Waals surface area contributed by atoms with Crippen LogP contribution in [0.25, 0.3) is 0 Å². The summed E-state index contributed by atoms with van der Waals surface area (Å²) >= 11 is -0.810. The number of hydrogen-bond acceptors (Lipinski definition) is 3. The Hall–Kier alpha value is -1.02. The number of benzene rings is 1. The third kappa shape index (κ3) is 3.86. The second-order valence-corrected chi connectivity index (χ2v) is 6.61. The highest BCUT2D eigenvalue weighted by Gasteiger charge is 2.33. The van der Waals surface area contributed by atoms with Gasteiger partial charge in [0.15, 0.2) is 4.75 Å². The van der Waals surface area contributed by atoms with Crippen molar-refractivity contribution >= 4 is 11.4 Å². The molecule has 0 aliphatic heterocycles. The van der Waals surface area contributed by atoms with Crippen molar-refractivity contribution < 1.29 is 4.55 Å². The molecular formula is C12H17N2OS+. The predicted molar refractivity (Wildman–Crippen MR) is 67.7 cm³/mol. The van der Waals surface area contributed by atoms with E-state index in [0.717, 1.165) is 5.56 Å². The Bertz CT molecular complexity index is 375. The SMILES string of the molecule is CC(C)(C)[S+](O)NCc1ccc(C#N)cc1. The number of nitriles is 1. The molecule has 2 N–H and O–H groups in total. The Kier molecular flexibility index (Phi) is 4.36. The molecule has 4 heteroatoms. The van der Waals surface area contributed by atoms with Crippen LogP contribution in [0.4, 0.5) is 0 Å². The first-order valence-electron chi connectivity index (χ1n) is 5.09. The summed E-state index contributed by atoms with van der Waals surface area (Å²) in [6.07, 6.45) is 0. The molecule has 0 saturated carbocycles. The Labute approximate surface area is 99.8 Å². The highest BCUT2D eigenvalue weighted by molar-refractivity contribution is 7.90. The maximum atomic E-state index is 9.81. The summed E-state index contributed by atoms with van der Waals surface area (Å²) in [6.45, 7) is 6.58. The van der Waals surface area contributed by atoms with Gasteiger partial charge in [0.1, 0.15) is 0 Å². The van der Waals surface area contributed by atoms with Gasteiger partial charge in [-0.2, -0.15) is 9.81 Å². The molecule has 1 aromatic carbocycles. The Morgan fingerprint density at radius 2 is 1.88 bits per heavy atom. The van der Waals surface area contributed by atoms with E-state index in [0.29, 0.717) is 12.1 Å². The zero-order valence-electron chi connectivity index (χ0n) is 9.82. The molecule has 0 bridgehead atoms. The fourth-order valence-corrected chi connectivity index (χ4v) is 1.80. The van der Waals surface area contributed by atoms with Crippen molar-refractivity contribution in [1.29, 1.82) is 5.26 Å². The van der Waals surface area contributed by atoms with E-state index < -0.39 is 11.4 Å². The monoisotopic (exact) mass is 237 g/mol. The molecule has 16 heavy (non-hydrogen) atoms. The highest BCUT2D eigenvalue weighted by atomic mass is 32.2. The van der Waals surface area contributed by atoms with Crippen LogP contribution in [0.1, 0.15) is 31.9 Å². The van der Waals surface area contributed by atoms with Crippen molar-refractivity contribution in [3.05, 3.63) is 35.4 Å². The van der Waals surface area contributed by atoms with Gasteiger partial charge in [0.2, 0.25) is 11.4 Å². The maximum absolute atomic E-state index is 9.81. The van der Waals surface area contributed by atoms with Crippen molar-refractivity contribution in [1.82, 2.24) is 4.72 Å². The quantitative estimate of drug-likeness (QED) is 0.794. The van der Waals surface area contributed by atoms with Gasteiger partial charge in [0.05, 0.1) is 18.2 Å². The lowest BCUT2D eigenvalue weighted by Gasteiger charge is -2.13. The molecule has 1 unspecified atom stereocenters. The van der Waals surface area contributed by atoms with Crippen molar-refractivity contribution in [2.24, 2.45) is 0 Å². The summed E-state index contributed by atoms with van der Waals surface area (Å²) in [4.78, 5) is 0. The minimum Gasteiger partial charge on any atom is -0.192 e. The summed E-state index contributed by atoms with van der Waals surface area (Å²) in [7, 11) is 0. The van der Waals surface area contributed by atoms with Crippen LogP contribution in [-0.2, 0) is 17.9 Å². The van der Waals surface area contributed by atoms with Crippen LogP contribution in [0, 0.1) is 11.3 Å². The van der Waals surface area contributed by atoms with E-state index in [2.05, 4.69) is 10.8 Å². The van der Waals surface area contributed by atoms with Crippen LogP contribution < -0.4 is 4.72 Å². The van der Waals surface area contributed by atoms with Gasteiger partial charge in [-0.25, -0.2) is 0 Å². The molecule has 0 saturated heterocycles. The fourth-order valence-electron chi connectivity index (χ4n) is 1.07. The van der Waals surface area contributed by atoms with Crippen LogP contribution in [0.2, 0.25) is 0 Å². The van der Waals surface area contributed by atoms with E-state index in [-0.39, 0.29) is 4.75 Å². The van der Waals surface area contributed by atoms with Gasteiger partial charge in [-0.05, 0) is 38.5 Å². The number of nitrogens with one attached hydrogen (secondary N) is 1. The van der Waals surface area contributed by atoms with E-state index in [1.165, 1.54) is 0 Å². The third-order valence-electron chi connectivity index (χ3n) is 2.08. The van der Waals surface area contributed by atoms with Crippen molar-refractivity contribution in [3.8, 4) is 6.07 Å². The molecule has 1 atom stereocenters. The van der Waals surface area contributed by atoms with E-state index >= 15 is 0 Å². The zero-order valence-corrected chi connectivity index (χ0v) is 10.6. The minimum absolute atomic E-state index is 0.146. The van der Waals surface area contributed by atoms with Gasteiger partial charge in [0, 0.05) is 0 Å². The molecule has 3 nitrogen and oxygen atoms in total. The first-order chi connectivity index (χ1) is 7.43. The predicted octanol–water partition coefficient (Wildman–Crippen LogP) is 2.45. The molecule has 0 radical (unpaired) electrons. The molecule has 86 valence electrons. The molecule has 0 spiro atoms.